The second kappa shape index (κ2) is 7.50. The minimum Gasteiger partial charge on any atom is -0.486 e. The summed E-state index contributed by atoms with van der Waals surface area (Å²) >= 11 is 0. The molecule has 1 aliphatic carbocycles. The van der Waals surface area contributed by atoms with Crippen LogP contribution < -0.4 is 15.4 Å². The molecule has 0 saturated heterocycles. The number of benzene rings is 1. The lowest BCUT2D eigenvalue weighted by Gasteiger charge is -2.17. The molecular formula is C22H21N5O4. The van der Waals surface area contributed by atoms with Gasteiger partial charge in [0, 0.05) is 30.6 Å². The Bertz CT molecular complexity index is 1220. The van der Waals surface area contributed by atoms with E-state index in [9.17, 15) is 14.4 Å². The quantitative estimate of drug-likeness (QED) is 0.581. The zero-order valence-electron chi connectivity index (χ0n) is 16.9. The summed E-state index contributed by atoms with van der Waals surface area (Å²) in [5.41, 5.74) is 3.36. The lowest BCUT2D eigenvalue weighted by molar-refractivity contribution is -0.121. The number of carbonyl (C=O) groups is 3. The van der Waals surface area contributed by atoms with Gasteiger partial charge in [-0.3, -0.25) is 14.4 Å². The number of nitrogens with zero attached hydrogens (tertiary/aromatic N) is 2. The second-order valence-corrected chi connectivity index (χ2v) is 8.09. The number of carbonyl (C=O) groups excluding carboxylic acids is 3. The smallest absolute Gasteiger partial charge is 0.272 e. The van der Waals surface area contributed by atoms with Gasteiger partial charge in [-0.2, -0.15) is 0 Å². The van der Waals surface area contributed by atoms with Gasteiger partial charge in [-0.05, 0) is 30.0 Å². The highest BCUT2D eigenvalue weighted by atomic mass is 16.5. The molecular weight excluding hydrogens is 398 g/mol. The Balaban J connectivity index is 1.30. The number of fused-ring (bicyclic) bond motifs is 2. The lowest BCUT2D eigenvalue weighted by atomic mass is 10.0. The minimum atomic E-state index is -0.368. The van der Waals surface area contributed by atoms with E-state index in [1.165, 1.54) is 6.33 Å². The number of rotatable bonds is 5. The van der Waals surface area contributed by atoms with Gasteiger partial charge in [0.1, 0.15) is 24.2 Å². The first-order valence-corrected chi connectivity index (χ1v) is 10.2. The van der Waals surface area contributed by atoms with Crippen molar-refractivity contribution in [1.82, 2.24) is 20.3 Å². The summed E-state index contributed by atoms with van der Waals surface area (Å²) in [5.74, 6) is 0.763. The third-order valence-electron chi connectivity index (χ3n) is 5.74. The maximum absolute atomic E-state index is 12.8. The molecule has 0 radical (unpaired) electrons. The summed E-state index contributed by atoms with van der Waals surface area (Å²) in [5, 5.41) is 5.73. The number of anilines is 1. The fraction of sp³-hybridized carbons (Fsp3) is 0.318. The topological polar surface area (TPSA) is 126 Å². The first-order chi connectivity index (χ1) is 15.0. The molecule has 9 heteroatoms. The normalized spacial score (nSPS) is 19.5. The highest BCUT2D eigenvalue weighted by Crippen LogP contribution is 2.39. The fourth-order valence-corrected chi connectivity index (χ4v) is 3.83. The van der Waals surface area contributed by atoms with Crippen molar-refractivity contribution in [2.45, 2.75) is 26.3 Å². The van der Waals surface area contributed by atoms with E-state index in [2.05, 4.69) is 25.6 Å². The Hall–Kier alpha value is -3.75. The van der Waals surface area contributed by atoms with E-state index in [4.69, 9.17) is 4.74 Å². The summed E-state index contributed by atoms with van der Waals surface area (Å²) < 4.78 is 5.40. The van der Waals surface area contributed by atoms with Gasteiger partial charge in [0.05, 0.1) is 11.2 Å². The number of ketones is 1. The number of ether oxygens (including phenoxy) is 1. The third kappa shape index (κ3) is 3.74. The summed E-state index contributed by atoms with van der Waals surface area (Å²) in [6, 6.07) is 5.53. The SMILES string of the molecule is C[C@@H]1C[C@H]1C(=O)Nc1c[nH]c2c(C(=O)NCc3ccc4c(c3)CC(=O)CO4)ncnc12. The second-order valence-electron chi connectivity index (χ2n) is 8.09. The van der Waals surface area contributed by atoms with E-state index in [0.717, 1.165) is 17.5 Å². The molecule has 3 heterocycles. The Morgan fingerprint density at radius 1 is 1.29 bits per heavy atom. The van der Waals surface area contributed by atoms with Gasteiger partial charge in [-0.25, -0.2) is 9.97 Å². The predicted octanol–water partition coefficient (Wildman–Crippen LogP) is 1.99. The van der Waals surface area contributed by atoms with Crippen LogP contribution in [0.4, 0.5) is 5.69 Å². The van der Waals surface area contributed by atoms with Gasteiger partial charge >= 0.3 is 0 Å². The molecule has 0 bridgehead atoms. The van der Waals surface area contributed by atoms with E-state index in [1.807, 2.05) is 25.1 Å². The Kier molecular flexibility index (Phi) is 4.65. The molecule has 1 aliphatic heterocycles. The van der Waals surface area contributed by atoms with E-state index < -0.39 is 0 Å². The van der Waals surface area contributed by atoms with E-state index in [1.54, 1.807) is 6.20 Å². The number of aromatic amines is 1. The molecule has 2 atom stereocenters. The molecule has 158 valence electrons. The Morgan fingerprint density at radius 3 is 2.94 bits per heavy atom. The van der Waals surface area contributed by atoms with E-state index in [-0.39, 0.29) is 42.4 Å². The van der Waals surface area contributed by atoms with Crippen LogP contribution in [0.3, 0.4) is 0 Å². The van der Waals surface area contributed by atoms with Gasteiger partial charge in [0.15, 0.2) is 11.5 Å². The van der Waals surface area contributed by atoms with Crippen LogP contribution in [0.5, 0.6) is 5.75 Å². The maximum Gasteiger partial charge on any atom is 0.272 e. The van der Waals surface area contributed by atoms with Crippen molar-refractivity contribution < 1.29 is 19.1 Å². The molecule has 1 fully saturated rings. The molecule has 3 aromatic rings. The van der Waals surface area contributed by atoms with Gasteiger partial charge in [-0.15, -0.1) is 0 Å². The molecule has 2 aromatic heterocycles. The summed E-state index contributed by atoms with van der Waals surface area (Å²) in [7, 11) is 0. The van der Waals surface area contributed by atoms with Crippen LogP contribution in [0.15, 0.2) is 30.7 Å². The molecule has 1 saturated carbocycles. The largest absolute Gasteiger partial charge is 0.486 e. The van der Waals surface area contributed by atoms with Crippen molar-refractivity contribution in [1.29, 1.82) is 0 Å². The van der Waals surface area contributed by atoms with Gasteiger partial charge < -0.3 is 20.4 Å². The molecule has 1 aromatic carbocycles. The molecule has 3 N–H and O–H groups in total. The molecule has 9 nitrogen and oxygen atoms in total. The number of amides is 2. The summed E-state index contributed by atoms with van der Waals surface area (Å²) in [6.07, 6.45) is 4.16. The average molecular weight is 419 g/mol. The number of nitrogens with one attached hydrogen (secondary N) is 3. The first-order valence-electron chi connectivity index (χ1n) is 10.2. The number of hydrogen-bond acceptors (Lipinski definition) is 6. The number of H-pyrrole nitrogens is 1. The molecule has 2 amide bonds. The van der Waals surface area contributed by atoms with Crippen molar-refractivity contribution in [3.63, 3.8) is 0 Å². The van der Waals surface area contributed by atoms with Gasteiger partial charge in [0.2, 0.25) is 5.91 Å². The number of hydrogen-bond donors (Lipinski definition) is 3. The number of Topliss-reactive ketones (excluding diaryl/α,β-unsaturated/α-hetero) is 1. The molecule has 0 spiro atoms. The van der Waals surface area contributed by atoms with Crippen LogP contribution in [-0.2, 0) is 22.6 Å². The molecule has 0 unspecified atom stereocenters. The van der Waals surface area contributed by atoms with Crippen LogP contribution in [0.2, 0.25) is 0 Å². The van der Waals surface area contributed by atoms with Crippen LogP contribution >= 0.6 is 0 Å². The van der Waals surface area contributed by atoms with Crippen molar-refractivity contribution in [3.05, 3.63) is 47.5 Å². The first kappa shape index (κ1) is 19.2. The predicted molar refractivity (Wildman–Crippen MR) is 112 cm³/mol. The maximum atomic E-state index is 12.8. The lowest BCUT2D eigenvalue weighted by Crippen LogP contribution is -2.25. The van der Waals surface area contributed by atoms with Crippen molar-refractivity contribution in [2.75, 3.05) is 11.9 Å². The fourth-order valence-electron chi connectivity index (χ4n) is 3.83. The highest BCUT2D eigenvalue weighted by molar-refractivity contribution is 6.08. The van der Waals surface area contributed by atoms with E-state index in [0.29, 0.717) is 34.8 Å². The molecule has 2 aliphatic rings. The third-order valence-corrected chi connectivity index (χ3v) is 5.74. The van der Waals surface area contributed by atoms with Crippen molar-refractivity contribution in [2.24, 2.45) is 11.8 Å². The van der Waals surface area contributed by atoms with Crippen LogP contribution in [-0.4, -0.2) is 39.2 Å². The van der Waals surface area contributed by atoms with Gasteiger partial charge in [-0.1, -0.05) is 13.0 Å². The zero-order valence-corrected chi connectivity index (χ0v) is 16.9. The highest BCUT2D eigenvalue weighted by Gasteiger charge is 2.39. The average Bonchev–Trinajstić information content (AvgIpc) is 3.37. The minimum absolute atomic E-state index is 0.0304. The Morgan fingerprint density at radius 2 is 2.13 bits per heavy atom. The number of aromatic nitrogens is 3. The van der Waals surface area contributed by atoms with E-state index >= 15 is 0 Å². The van der Waals surface area contributed by atoms with Crippen molar-refractivity contribution >= 4 is 34.3 Å². The Labute approximate surface area is 177 Å². The standard InChI is InChI=1S/C22H21N5O4/c1-11-4-15(11)21(29)27-16-8-23-19-18(16)25-10-26-20(19)22(30)24-7-12-2-3-17-13(5-12)6-14(28)9-31-17/h2-3,5,8,10-11,15,23H,4,6-7,9H2,1H3,(H,24,30)(H,27,29)/t11-,15-/m1/s1. The van der Waals surface area contributed by atoms with Crippen molar-refractivity contribution in [3.8, 4) is 5.75 Å². The van der Waals surface area contributed by atoms with Crippen LogP contribution in [0.1, 0.15) is 35.0 Å². The monoisotopic (exact) mass is 419 g/mol. The molecule has 31 heavy (non-hydrogen) atoms. The molecule has 5 rings (SSSR count). The summed E-state index contributed by atoms with van der Waals surface area (Å²) in [4.78, 5) is 48.0. The van der Waals surface area contributed by atoms with Gasteiger partial charge in [0.25, 0.3) is 5.91 Å². The summed E-state index contributed by atoms with van der Waals surface area (Å²) in [6.45, 7) is 2.41. The van der Waals surface area contributed by atoms with Crippen LogP contribution in [0, 0.1) is 11.8 Å². The van der Waals surface area contributed by atoms with Crippen LogP contribution in [0.25, 0.3) is 11.0 Å². The zero-order chi connectivity index (χ0) is 21.5.